The number of Topliss-reactive ketones (excluding diaryl/α,β-unsaturated/α-hetero) is 2. The summed E-state index contributed by atoms with van der Waals surface area (Å²) >= 11 is 0. The molecule has 2 N–H and O–H groups in total. The normalized spacial score (nSPS) is 25.4. The molecule has 4 rings (SSSR count). The number of carbonyl (C=O) groups is 2. The number of nitrogens with one attached hydrogen (secondary N) is 2. The van der Waals surface area contributed by atoms with E-state index < -0.39 is 64.8 Å². The third-order valence-corrected chi connectivity index (χ3v) is 9.73. The number of hydrogen-bond acceptors (Lipinski definition) is 7. The number of halogens is 4. The van der Waals surface area contributed by atoms with Crippen LogP contribution < -0.4 is 15.3 Å². The molecule has 4 unspecified atom stereocenters. The number of sulfonamides is 1. The molecule has 0 radical (unpaired) electrons. The maximum absolute atomic E-state index is 14.2. The highest BCUT2D eigenvalue weighted by Gasteiger charge is 2.53. The number of nitrogens with zero attached hydrogens (tertiary/aromatic N) is 1. The van der Waals surface area contributed by atoms with Gasteiger partial charge in [-0.1, -0.05) is 13.0 Å². The topological polar surface area (TPSA) is 131 Å². The summed E-state index contributed by atoms with van der Waals surface area (Å²) in [5.74, 6) is -6.32. The summed E-state index contributed by atoms with van der Waals surface area (Å²) in [5.41, 5.74) is -1.57. The van der Waals surface area contributed by atoms with E-state index in [-0.39, 0.29) is 40.1 Å². The lowest BCUT2D eigenvalue weighted by atomic mass is 9.63. The van der Waals surface area contributed by atoms with Gasteiger partial charge in [0.1, 0.15) is 17.6 Å². The second-order valence-corrected chi connectivity index (χ2v) is 13.9. The molecule has 216 valence electrons. The van der Waals surface area contributed by atoms with E-state index in [2.05, 4.69) is 14.8 Å². The zero-order valence-electron chi connectivity index (χ0n) is 21.8. The minimum absolute atomic E-state index is 0.0451. The Morgan fingerprint density at radius 3 is 2.48 bits per heavy atom. The highest BCUT2D eigenvalue weighted by Crippen LogP contribution is 2.53. The first kappa shape index (κ1) is 29.9. The number of benzene rings is 2. The van der Waals surface area contributed by atoms with Crippen LogP contribution in [0.4, 0.5) is 28.9 Å². The largest absolute Gasteiger partial charge is 0.391 e. The number of anilines is 2. The Bertz CT molecular complexity index is 1590. The van der Waals surface area contributed by atoms with Gasteiger partial charge in [-0.2, -0.15) is 17.9 Å². The molecule has 4 atom stereocenters. The Morgan fingerprint density at radius 1 is 1.20 bits per heavy atom. The Hall–Kier alpha value is -3.09. The first-order valence-corrected chi connectivity index (χ1v) is 15.5. The fraction of sp³-hybridized carbons (Fsp3) is 0.400. The Kier molecular flexibility index (Phi) is 7.53. The molecule has 0 saturated heterocycles. The van der Waals surface area contributed by atoms with Crippen LogP contribution in [-0.4, -0.2) is 45.4 Å². The zero-order chi connectivity index (χ0) is 29.8. The van der Waals surface area contributed by atoms with Gasteiger partial charge in [-0.25, -0.2) is 12.8 Å². The minimum atomic E-state index is -4.51. The van der Waals surface area contributed by atoms with Crippen molar-refractivity contribution in [1.82, 2.24) is 0 Å². The van der Waals surface area contributed by atoms with E-state index >= 15 is 0 Å². The molecule has 15 heteroatoms. The van der Waals surface area contributed by atoms with Gasteiger partial charge in [-0.15, -0.1) is 0 Å². The third-order valence-electron chi connectivity index (χ3n) is 7.17. The fourth-order valence-corrected chi connectivity index (χ4v) is 7.01. The molecule has 2 aliphatic rings. The van der Waals surface area contributed by atoms with Gasteiger partial charge in [0.15, 0.2) is 11.6 Å². The lowest BCUT2D eigenvalue weighted by Gasteiger charge is -2.39. The standard InChI is InChI=1S/C25H26F4N3O6PS/c1-13(25(27,28)29)9-10-24(2)17-7-5-14(26)11-16(17)21(33)20(22(24)34)23-30-18-8-6-15(32-40(4,36)37)12-19(18)39(35,31-23)38-3/h5-8,11-13,20,32H,9-10H2,1-4H3,(H,30,31,35). The van der Waals surface area contributed by atoms with Gasteiger partial charge in [0.25, 0.3) is 0 Å². The van der Waals surface area contributed by atoms with Crippen LogP contribution in [-0.2, 0) is 29.3 Å². The number of hydrogen-bond donors (Lipinski definition) is 2. The average Bonchev–Trinajstić information content (AvgIpc) is 2.85. The van der Waals surface area contributed by atoms with Gasteiger partial charge in [0.05, 0.1) is 28.6 Å². The number of rotatable bonds is 7. The van der Waals surface area contributed by atoms with E-state index in [1.165, 1.54) is 31.2 Å². The Balaban J connectivity index is 1.81. The monoisotopic (exact) mass is 603 g/mol. The fourth-order valence-electron chi connectivity index (χ4n) is 4.88. The Morgan fingerprint density at radius 2 is 1.88 bits per heavy atom. The van der Waals surface area contributed by atoms with Crippen LogP contribution in [0.5, 0.6) is 0 Å². The summed E-state index contributed by atoms with van der Waals surface area (Å²) in [6, 6.07) is 7.08. The summed E-state index contributed by atoms with van der Waals surface area (Å²) < 4.78 is 103. The van der Waals surface area contributed by atoms with Gasteiger partial charge < -0.3 is 9.84 Å². The summed E-state index contributed by atoms with van der Waals surface area (Å²) in [6.07, 6.45) is -4.34. The van der Waals surface area contributed by atoms with Crippen LogP contribution in [0.3, 0.4) is 0 Å². The maximum atomic E-state index is 14.2. The highest BCUT2D eigenvalue weighted by molar-refractivity contribution is 7.92. The van der Waals surface area contributed by atoms with Crippen molar-refractivity contribution in [3.05, 3.63) is 53.3 Å². The summed E-state index contributed by atoms with van der Waals surface area (Å²) in [6.45, 7) is 2.38. The number of ketones is 2. The first-order valence-electron chi connectivity index (χ1n) is 12.0. The first-order chi connectivity index (χ1) is 18.4. The third kappa shape index (κ3) is 5.44. The molecular formula is C25H26F4N3O6PS. The van der Waals surface area contributed by atoms with Crippen molar-refractivity contribution in [3.8, 4) is 0 Å². The molecule has 9 nitrogen and oxygen atoms in total. The van der Waals surface area contributed by atoms with Crippen LogP contribution in [0, 0.1) is 17.7 Å². The van der Waals surface area contributed by atoms with Crippen molar-refractivity contribution >= 4 is 51.6 Å². The van der Waals surface area contributed by atoms with E-state index in [4.69, 9.17) is 4.52 Å². The average molecular weight is 604 g/mol. The van der Waals surface area contributed by atoms with E-state index in [1.54, 1.807) is 0 Å². The van der Waals surface area contributed by atoms with Gasteiger partial charge in [0, 0.05) is 18.4 Å². The molecule has 2 aromatic carbocycles. The molecule has 2 aromatic rings. The van der Waals surface area contributed by atoms with Crippen LogP contribution >= 0.6 is 7.52 Å². The number of carbonyl (C=O) groups excluding carboxylic acids is 2. The molecule has 0 bridgehead atoms. The molecule has 40 heavy (non-hydrogen) atoms. The van der Waals surface area contributed by atoms with Gasteiger partial charge in [-0.05, 0) is 55.7 Å². The molecule has 0 fully saturated rings. The molecular weight excluding hydrogens is 577 g/mol. The molecule has 0 saturated carbocycles. The predicted octanol–water partition coefficient (Wildman–Crippen LogP) is 4.80. The molecule has 0 aromatic heterocycles. The quantitative estimate of drug-likeness (QED) is 0.264. The minimum Gasteiger partial charge on any atom is -0.342 e. The summed E-state index contributed by atoms with van der Waals surface area (Å²) in [5, 5.41) is 2.74. The second kappa shape index (κ2) is 10.1. The molecule has 0 spiro atoms. The summed E-state index contributed by atoms with van der Waals surface area (Å²) in [7, 11) is -6.79. The molecule has 1 aliphatic heterocycles. The number of alkyl halides is 3. The van der Waals surface area contributed by atoms with Crippen molar-refractivity contribution in [2.75, 3.05) is 23.4 Å². The molecule has 1 heterocycles. The van der Waals surface area contributed by atoms with E-state index in [1.807, 2.05) is 0 Å². The predicted molar refractivity (Wildman–Crippen MR) is 141 cm³/mol. The van der Waals surface area contributed by atoms with E-state index in [9.17, 15) is 40.1 Å². The highest BCUT2D eigenvalue weighted by atomic mass is 32.2. The smallest absolute Gasteiger partial charge is 0.342 e. The van der Waals surface area contributed by atoms with Crippen molar-refractivity contribution in [1.29, 1.82) is 0 Å². The van der Waals surface area contributed by atoms with Gasteiger partial charge in [0.2, 0.25) is 10.0 Å². The van der Waals surface area contributed by atoms with E-state index in [0.29, 0.717) is 0 Å². The van der Waals surface area contributed by atoms with Crippen molar-refractivity contribution in [2.24, 2.45) is 16.6 Å². The maximum Gasteiger partial charge on any atom is 0.391 e. The van der Waals surface area contributed by atoms with Crippen LogP contribution in [0.25, 0.3) is 0 Å². The lowest BCUT2D eigenvalue weighted by Crippen LogP contribution is -2.51. The van der Waals surface area contributed by atoms with Crippen molar-refractivity contribution in [3.63, 3.8) is 0 Å². The van der Waals surface area contributed by atoms with Gasteiger partial charge >= 0.3 is 13.7 Å². The van der Waals surface area contributed by atoms with Gasteiger partial charge in [-0.3, -0.25) is 18.9 Å². The molecule has 1 aliphatic carbocycles. The summed E-state index contributed by atoms with van der Waals surface area (Å²) in [4.78, 5) is 27.6. The van der Waals surface area contributed by atoms with Crippen LogP contribution in [0.1, 0.15) is 42.6 Å². The SMILES string of the molecule is COP1(=O)N=C(C2C(=O)c3cc(F)ccc3C(C)(CCC(C)C(F)(F)F)C2=O)Nc2ccc(NS(C)(=O)=O)cc21. The second-order valence-electron chi connectivity index (χ2n) is 10.1. The zero-order valence-corrected chi connectivity index (χ0v) is 23.5. The number of fused-ring (bicyclic) bond motifs is 2. The van der Waals surface area contributed by atoms with Crippen LogP contribution in [0.2, 0.25) is 0 Å². The molecule has 0 amide bonds. The van der Waals surface area contributed by atoms with Crippen molar-refractivity contribution in [2.45, 2.75) is 38.3 Å². The number of amidine groups is 1. The van der Waals surface area contributed by atoms with Crippen molar-refractivity contribution < 1.29 is 44.7 Å². The lowest BCUT2D eigenvalue weighted by molar-refractivity contribution is -0.172. The Labute approximate surface area is 228 Å². The van der Waals surface area contributed by atoms with Crippen LogP contribution in [0.15, 0.2) is 41.2 Å². The van der Waals surface area contributed by atoms with E-state index in [0.717, 1.165) is 32.4 Å².